The van der Waals surface area contributed by atoms with Gasteiger partial charge in [-0.1, -0.05) is 0 Å². The van der Waals surface area contributed by atoms with Gasteiger partial charge in [0, 0.05) is 25.4 Å². The van der Waals surface area contributed by atoms with Crippen molar-refractivity contribution in [1.82, 2.24) is 20.4 Å². The molecule has 2 rings (SSSR count). The minimum atomic E-state index is -0.0678. The fraction of sp³-hybridized carbons (Fsp3) is 0.692. The monoisotopic (exact) mass is 266 g/mol. The Morgan fingerprint density at radius 1 is 1.58 bits per heavy atom. The number of hydrogen-bond donors (Lipinski definition) is 2. The van der Waals surface area contributed by atoms with Crippen molar-refractivity contribution in [2.75, 3.05) is 19.7 Å². The molecule has 0 spiro atoms. The first-order valence-electron chi connectivity index (χ1n) is 6.73. The molecule has 6 nitrogen and oxygen atoms in total. The largest absolute Gasteiger partial charge is 0.368 e. The van der Waals surface area contributed by atoms with Gasteiger partial charge < -0.3 is 15.4 Å². The summed E-state index contributed by atoms with van der Waals surface area (Å²) in [6.45, 7) is 4.54. The number of rotatable bonds is 5. The van der Waals surface area contributed by atoms with Gasteiger partial charge in [-0.15, -0.1) is 0 Å². The number of ether oxygens (including phenoxy) is 1. The van der Waals surface area contributed by atoms with Crippen molar-refractivity contribution in [3.8, 4) is 0 Å². The normalized spacial score (nSPS) is 16.5. The molecule has 1 saturated heterocycles. The molecule has 0 aliphatic carbocycles. The number of carbonyl (C=O) groups is 1. The molecule has 0 unspecified atom stereocenters. The molecule has 0 saturated carbocycles. The zero-order valence-corrected chi connectivity index (χ0v) is 11.6. The van der Waals surface area contributed by atoms with Crippen LogP contribution in [-0.2, 0) is 23.1 Å². The van der Waals surface area contributed by atoms with Crippen molar-refractivity contribution < 1.29 is 9.53 Å². The Kier molecular flexibility index (Phi) is 4.93. The minimum absolute atomic E-state index is 0.0678. The van der Waals surface area contributed by atoms with Crippen LogP contribution in [0.15, 0.2) is 6.20 Å². The summed E-state index contributed by atoms with van der Waals surface area (Å²) in [6.07, 6.45) is 4.10. The summed E-state index contributed by atoms with van der Waals surface area (Å²) in [4.78, 5) is 11.7. The summed E-state index contributed by atoms with van der Waals surface area (Å²) in [6, 6.07) is 0. The molecule has 2 heterocycles. The van der Waals surface area contributed by atoms with Crippen molar-refractivity contribution >= 4 is 5.91 Å². The lowest BCUT2D eigenvalue weighted by atomic mass is 10.1. The molecule has 0 atom stereocenters. The van der Waals surface area contributed by atoms with Crippen LogP contribution in [0.5, 0.6) is 0 Å². The van der Waals surface area contributed by atoms with Crippen LogP contribution in [-0.4, -0.2) is 41.5 Å². The molecule has 0 radical (unpaired) electrons. The number of amides is 1. The smallest absolute Gasteiger partial charge is 0.246 e. The van der Waals surface area contributed by atoms with Gasteiger partial charge in [0.1, 0.15) is 6.61 Å². The topological polar surface area (TPSA) is 68.2 Å². The maximum Gasteiger partial charge on any atom is 0.246 e. The van der Waals surface area contributed by atoms with E-state index in [1.165, 1.54) is 0 Å². The van der Waals surface area contributed by atoms with Gasteiger partial charge in [0.2, 0.25) is 5.91 Å². The quantitative estimate of drug-likeness (QED) is 0.794. The lowest BCUT2D eigenvalue weighted by Gasteiger charge is -2.22. The van der Waals surface area contributed by atoms with Crippen molar-refractivity contribution in [3.63, 3.8) is 0 Å². The standard InChI is InChI=1S/C13H22N4O2/c1-10-11(8-17(2)16-10)7-15-13(18)9-19-12-3-5-14-6-4-12/h8,12,14H,3-7,9H2,1-2H3,(H,15,18). The molecule has 1 aliphatic heterocycles. The van der Waals surface area contributed by atoms with E-state index < -0.39 is 0 Å². The highest BCUT2D eigenvalue weighted by Crippen LogP contribution is 2.07. The molecule has 1 aromatic heterocycles. The van der Waals surface area contributed by atoms with Gasteiger partial charge >= 0.3 is 0 Å². The first-order valence-corrected chi connectivity index (χ1v) is 6.73. The molecule has 1 amide bonds. The lowest BCUT2D eigenvalue weighted by Crippen LogP contribution is -2.35. The fourth-order valence-electron chi connectivity index (χ4n) is 2.22. The summed E-state index contributed by atoms with van der Waals surface area (Å²) < 4.78 is 7.35. The molecule has 19 heavy (non-hydrogen) atoms. The maximum absolute atomic E-state index is 11.7. The Bertz CT molecular complexity index is 424. The van der Waals surface area contributed by atoms with Crippen LogP contribution < -0.4 is 10.6 Å². The van der Waals surface area contributed by atoms with Gasteiger partial charge in [-0.25, -0.2) is 0 Å². The van der Waals surface area contributed by atoms with Gasteiger partial charge in [0.25, 0.3) is 0 Å². The van der Waals surface area contributed by atoms with Crippen LogP contribution in [0.1, 0.15) is 24.1 Å². The first kappa shape index (κ1) is 14.0. The van der Waals surface area contributed by atoms with Crippen molar-refractivity contribution in [2.24, 2.45) is 7.05 Å². The Balaban J connectivity index is 1.68. The third kappa shape index (κ3) is 4.33. The predicted molar refractivity (Wildman–Crippen MR) is 71.6 cm³/mol. The van der Waals surface area contributed by atoms with E-state index in [0.717, 1.165) is 37.2 Å². The number of hydrogen-bond acceptors (Lipinski definition) is 4. The van der Waals surface area contributed by atoms with Crippen LogP contribution >= 0.6 is 0 Å². The number of carbonyl (C=O) groups excluding carboxylic acids is 1. The highest BCUT2D eigenvalue weighted by atomic mass is 16.5. The zero-order chi connectivity index (χ0) is 13.7. The van der Waals surface area contributed by atoms with E-state index in [9.17, 15) is 4.79 Å². The Labute approximate surface area is 113 Å². The predicted octanol–water partition coefficient (Wildman–Crippen LogP) is 0.113. The van der Waals surface area contributed by atoms with Crippen LogP contribution in [0.25, 0.3) is 0 Å². The van der Waals surface area contributed by atoms with E-state index in [-0.39, 0.29) is 18.6 Å². The third-order valence-electron chi connectivity index (χ3n) is 3.33. The van der Waals surface area contributed by atoms with Crippen molar-refractivity contribution in [1.29, 1.82) is 0 Å². The van der Waals surface area contributed by atoms with Gasteiger partial charge in [-0.05, 0) is 32.9 Å². The molecule has 2 N–H and O–H groups in total. The van der Waals surface area contributed by atoms with E-state index in [0.29, 0.717) is 6.54 Å². The van der Waals surface area contributed by atoms with Gasteiger partial charge in [-0.3, -0.25) is 9.48 Å². The third-order valence-corrected chi connectivity index (χ3v) is 3.33. The molecule has 0 bridgehead atoms. The average molecular weight is 266 g/mol. The molecule has 0 aromatic carbocycles. The first-order chi connectivity index (χ1) is 9.15. The van der Waals surface area contributed by atoms with Crippen LogP contribution in [0.2, 0.25) is 0 Å². The lowest BCUT2D eigenvalue weighted by molar-refractivity contribution is -0.128. The highest BCUT2D eigenvalue weighted by Gasteiger charge is 2.14. The number of aromatic nitrogens is 2. The van der Waals surface area contributed by atoms with Crippen molar-refractivity contribution in [2.45, 2.75) is 32.4 Å². The van der Waals surface area contributed by atoms with Crippen molar-refractivity contribution in [3.05, 3.63) is 17.5 Å². The molecule has 6 heteroatoms. The summed E-state index contributed by atoms with van der Waals surface area (Å²) >= 11 is 0. The van der Waals surface area contributed by atoms with E-state index in [1.807, 2.05) is 20.2 Å². The number of nitrogens with one attached hydrogen (secondary N) is 2. The molecule has 1 aromatic rings. The van der Waals surface area contributed by atoms with E-state index >= 15 is 0 Å². The van der Waals surface area contributed by atoms with Gasteiger partial charge in [0.05, 0.1) is 11.8 Å². The molecule has 106 valence electrons. The van der Waals surface area contributed by atoms with Crippen LogP contribution in [0.4, 0.5) is 0 Å². The Morgan fingerprint density at radius 2 is 2.32 bits per heavy atom. The van der Waals surface area contributed by atoms with Gasteiger partial charge in [0.15, 0.2) is 0 Å². The maximum atomic E-state index is 11.7. The number of aryl methyl sites for hydroxylation is 2. The second-order valence-corrected chi connectivity index (χ2v) is 4.95. The van der Waals surface area contributed by atoms with E-state index in [2.05, 4.69) is 15.7 Å². The van der Waals surface area contributed by atoms with Gasteiger partial charge in [-0.2, -0.15) is 5.10 Å². The summed E-state index contributed by atoms with van der Waals surface area (Å²) in [5.74, 6) is -0.0678. The fourth-order valence-corrected chi connectivity index (χ4v) is 2.22. The Morgan fingerprint density at radius 3 is 2.95 bits per heavy atom. The highest BCUT2D eigenvalue weighted by molar-refractivity contribution is 5.77. The molecule has 1 fully saturated rings. The average Bonchev–Trinajstić information content (AvgIpc) is 2.73. The summed E-state index contributed by atoms with van der Waals surface area (Å²) in [5, 5.41) is 10.4. The number of piperidine rings is 1. The van der Waals surface area contributed by atoms with Crippen LogP contribution in [0.3, 0.4) is 0 Å². The second-order valence-electron chi connectivity index (χ2n) is 4.95. The van der Waals surface area contributed by atoms with Crippen LogP contribution in [0, 0.1) is 6.92 Å². The summed E-state index contributed by atoms with van der Waals surface area (Å²) in [7, 11) is 1.87. The van der Waals surface area contributed by atoms with E-state index in [4.69, 9.17) is 4.74 Å². The SMILES string of the molecule is Cc1nn(C)cc1CNC(=O)COC1CCNCC1. The Hall–Kier alpha value is -1.40. The minimum Gasteiger partial charge on any atom is -0.368 e. The van der Waals surface area contributed by atoms with E-state index in [1.54, 1.807) is 4.68 Å². The molecular formula is C13H22N4O2. The zero-order valence-electron chi connectivity index (χ0n) is 11.6. The number of nitrogens with zero attached hydrogens (tertiary/aromatic N) is 2. The molecular weight excluding hydrogens is 244 g/mol. The summed E-state index contributed by atoms with van der Waals surface area (Å²) in [5.41, 5.74) is 1.99. The second kappa shape index (κ2) is 6.68. The molecule has 1 aliphatic rings.